The standard InChI is InChI=1S/C14H17FN4/c1-4-19(12-7-5-11(15)6-8-12)13-10(2)9-17-14(16-3)18-13/h5-9H,4H2,1-3H3,(H,16,17,18). The molecular weight excluding hydrogens is 243 g/mol. The second kappa shape index (κ2) is 5.65. The minimum absolute atomic E-state index is 0.241. The molecule has 0 aliphatic rings. The molecule has 0 saturated heterocycles. The van der Waals surface area contributed by atoms with Crippen LogP contribution in [0.4, 0.5) is 21.8 Å². The van der Waals surface area contributed by atoms with E-state index >= 15 is 0 Å². The molecular formula is C14H17FN4. The van der Waals surface area contributed by atoms with Gasteiger partial charge >= 0.3 is 0 Å². The first-order valence-electron chi connectivity index (χ1n) is 6.20. The van der Waals surface area contributed by atoms with Crippen LogP contribution in [-0.4, -0.2) is 23.6 Å². The topological polar surface area (TPSA) is 41.1 Å². The van der Waals surface area contributed by atoms with Crippen LogP contribution in [0.5, 0.6) is 0 Å². The zero-order chi connectivity index (χ0) is 13.8. The number of hydrogen-bond acceptors (Lipinski definition) is 4. The first-order chi connectivity index (χ1) is 9.15. The van der Waals surface area contributed by atoms with Crippen molar-refractivity contribution < 1.29 is 4.39 Å². The van der Waals surface area contributed by atoms with Crippen LogP contribution in [0.3, 0.4) is 0 Å². The molecule has 0 radical (unpaired) electrons. The van der Waals surface area contributed by atoms with Crippen molar-refractivity contribution in [1.29, 1.82) is 0 Å². The molecule has 0 atom stereocenters. The van der Waals surface area contributed by atoms with Crippen molar-refractivity contribution in [2.75, 3.05) is 23.8 Å². The molecule has 1 aromatic carbocycles. The Balaban J connectivity index is 2.44. The highest BCUT2D eigenvalue weighted by Crippen LogP contribution is 2.26. The molecule has 5 heteroatoms. The van der Waals surface area contributed by atoms with E-state index in [1.807, 2.05) is 18.7 Å². The second-order valence-corrected chi connectivity index (χ2v) is 4.17. The van der Waals surface area contributed by atoms with Crippen molar-refractivity contribution >= 4 is 17.5 Å². The van der Waals surface area contributed by atoms with Gasteiger partial charge in [-0.1, -0.05) is 0 Å². The summed E-state index contributed by atoms with van der Waals surface area (Å²) in [6.45, 7) is 4.73. The van der Waals surface area contributed by atoms with Crippen LogP contribution in [0.1, 0.15) is 12.5 Å². The number of anilines is 3. The number of nitrogens with one attached hydrogen (secondary N) is 1. The maximum absolute atomic E-state index is 13.0. The number of halogens is 1. The molecule has 1 aromatic heterocycles. The summed E-state index contributed by atoms with van der Waals surface area (Å²) in [5.74, 6) is 1.16. The molecule has 100 valence electrons. The lowest BCUT2D eigenvalue weighted by atomic mass is 10.2. The molecule has 1 N–H and O–H groups in total. The van der Waals surface area contributed by atoms with Gasteiger partial charge in [0.2, 0.25) is 5.95 Å². The summed E-state index contributed by atoms with van der Waals surface area (Å²) in [7, 11) is 1.78. The predicted octanol–water partition coefficient (Wildman–Crippen LogP) is 3.12. The fraction of sp³-hybridized carbons (Fsp3) is 0.286. The lowest BCUT2D eigenvalue weighted by molar-refractivity contribution is 0.627. The summed E-state index contributed by atoms with van der Waals surface area (Å²) in [6.07, 6.45) is 1.78. The second-order valence-electron chi connectivity index (χ2n) is 4.17. The van der Waals surface area contributed by atoms with E-state index in [1.165, 1.54) is 12.1 Å². The van der Waals surface area contributed by atoms with Gasteiger partial charge in [0.15, 0.2) is 0 Å². The Morgan fingerprint density at radius 2 is 1.95 bits per heavy atom. The van der Waals surface area contributed by atoms with Crippen molar-refractivity contribution in [3.05, 3.63) is 41.8 Å². The Hall–Kier alpha value is -2.17. The van der Waals surface area contributed by atoms with Gasteiger partial charge in [0, 0.05) is 31.0 Å². The molecule has 0 amide bonds. The molecule has 0 aliphatic heterocycles. The van der Waals surface area contributed by atoms with Crippen molar-refractivity contribution in [2.45, 2.75) is 13.8 Å². The number of nitrogens with zero attached hydrogens (tertiary/aromatic N) is 3. The van der Waals surface area contributed by atoms with Gasteiger partial charge in [-0.15, -0.1) is 0 Å². The number of aromatic nitrogens is 2. The number of benzene rings is 1. The zero-order valence-corrected chi connectivity index (χ0v) is 11.3. The minimum Gasteiger partial charge on any atom is -0.357 e. The van der Waals surface area contributed by atoms with E-state index < -0.39 is 0 Å². The number of aryl methyl sites for hydroxylation is 1. The highest BCUT2D eigenvalue weighted by atomic mass is 19.1. The average Bonchev–Trinajstić information content (AvgIpc) is 2.43. The fourth-order valence-electron chi connectivity index (χ4n) is 1.90. The molecule has 4 nitrogen and oxygen atoms in total. The molecule has 2 aromatic rings. The summed E-state index contributed by atoms with van der Waals surface area (Å²) in [5.41, 5.74) is 1.89. The van der Waals surface area contributed by atoms with Crippen molar-refractivity contribution in [3.63, 3.8) is 0 Å². The molecule has 19 heavy (non-hydrogen) atoms. The van der Waals surface area contributed by atoms with Gasteiger partial charge in [-0.25, -0.2) is 9.37 Å². The van der Waals surface area contributed by atoms with E-state index in [9.17, 15) is 4.39 Å². The normalized spacial score (nSPS) is 10.3. The third-order valence-electron chi connectivity index (χ3n) is 2.88. The molecule has 0 unspecified atom stereocenters. The van der Waals surface area contributed by atoms with E-state index in [0.717, 1.165) is 23.6 Å². The Bertz CT molecular complexity index is 554. The van der Waals surface area contributed by atoms with Gasteiger partial charge in [0.25, 0.3) is 0 Å². The third-order valence-corrected chi connectivity index (χ3v) is 2.88. The maximum Gasteiger partial charge on any atom is 0.224 e. The van der Waals surface area contributed by atoms with Gasteiger partial charge in [-0.3, -0.25) is 0 Å². The van der Waals surface area contributed by atoms with Crippen LogP contribution in [0.25, 0.3) is 0 Å². The van der Waals surface area contributed by atoms with Gasteiger partial charge in [-0.05, 0) is 38.1 Å². The molecule has 1 heterocycles. The van der Waals surface area contributed by atoms with E-state index in [1.54, 1.807) is 25.4 Å². The van der Waals surface area contributed by atoms with Crippen LogP contribution >= 0.6 is 0 Å². The average molecular weight is 260 g/mol. The molecule has 0 bridgehead atoms. The smallest absolute Gasteiger partial charge is 0.224 e. The Morgan fingerprint density at radius 3 is 2.53 bits per heavy atom. The number of rotatable bonds is 4. The Morgan fingerprint density at radius 1 is 1.26 bits per heavy atom. The summed E-state index contributed by atoms with van der Waals surface area (Å²) >= 11 is 0. The Kier molecular flexibility index (Phi) is 3.94. The van der Waals surface area contributed by atoms with Crippen LogP contribution in [0, 0.1) is 12.7 Å². The van der Waals surface area contributed by atoms with Crippen molar-refractivity contribution in [1.82, 2.24) is 9.97 Å². The predicted molar refractivity (Wildman–Crippen MR) is 75.4 cm³/mol. The largest absolute Gasteiger partial charge is 0.357 e. The monoisotopic (exact) mass is 260 g/mol. The summed E-state index contributed by atoms with van der Waals surface area (Å²) in [4.78, 5) is 10.7. The highest BCUT2D eigenvalue weighted by Gasteiger charge is 2.12. The van der Waals surface area contributed by atoms with Crippen LogP contribution in [-0.2, 0) is 0 Å². The minimum atomic E-state index is -0.241. The van der Waals surface area contributed by atoms with Crippen molar-refractivity contribution in [2.24, 2.45) is 0 Å². The van der Waals surface area contributed by atoms with Gasteiger partial charge in [0.1, 0.15) is 11.6 Å². The summed E-state index contributed by atoms with van der Waals surface area (Å²) < 4.78 is 13.0. The fourth-order valence-corrected chi connectivity index (χ4v) is 1.90. The Labute approximate surface area is 112 Å². The first-order valence-corrected chi connectivity index (χ1v) is 6.20. The van der Waals surface area contributed by atoms with Crippen LogP contribution < -0.4 is 10.2 Å². The molecule has 0 saturated carbocycles. The highest BCUT2D eigenvalue weighted by molar-refractivity contribution is 5.63. The lowest BCUT2D eigenvalue weighted by Gasteiger charge is -2.24. The quantitative estimate of drug-likeness (QED) is 0.917. The van der Waals surface area contributed by atoms with Crippen molar-refractivity contribution in [3.8, 4) is 0 Å². The SMILES string of the molecule is CCN(c1ccc(F)cc1)c1nc(NC)ncc1C. The maximum atomic E-state index is 13.0. The van der Waals surface area contributed by atoms with E-state index in [4.69, 9.17) is 0 Å². The van der Waals surface area contributed by atoms with Gasteiger partial charge in [-0.2, -0.15) is 4.98 Å². The summed E-state index contributed by atoms with van der Waals surface area (Å²) in [5, 5.41) is 2.93. The number of hydrogen-bond donors (Lipinski definition) is 1. The first kappa shape index (κ1) is 13.3. The van der Waals surface area contributed by atoms with Gasteiger partial charge < -0.3 is 10.2 Å². The summed E-state index contributed by atoms with van der Waals surface area (Å²) in [6, 6.07) is 6.40. The lowest BCUT2D eigenvalue weighted by Crippen LogP contribution is -2.19. The third kappa shape index (κ3) is 2.81. The van der Waals surface area contributed by atoms with E-state index in [0.29, 0.717) is 5.95 Å². The molecule has 0 fully saturated rings. The van der Waals surface area contributed by atoms with Crippen LogP contribution in [0.15, 0.2) is 30.5 Å². The zero-order valence-electron chi connectivity index (χ0n) is 11.3. The van der Waals surface area contributed by atoms with E-state index in [-0.39, 0.29) is 5.82 Å². The van der Waals surface area contributed by atoms with Crippen LogP contribution in [0.2, 0.25) is 0 Å². The van der Waals surface area contributed by atoms with Gasteiger partial charge in [0.05, 0.1) is 0 Å². The molecule has 2 rings (SSSR count). The van der Waals surface area contributed by atoms with E-state index in [2.05, 4.69) is 15.3 Å². The molecule has 0 spiro atoms. The molecule has 0 aliphatic carbocycles.